The number of methoxy groups -OCH3 is 1. The molecule has 1 atom stereocenters. The minimum atomic E-state index is -0.565. The molecule has 2 N–H and O–H groups in total. The molecular weight excluding hydrogens is 184 g/mol. The van der Waals surface area contributed by atoms with Gasteiger partial charge in [0.15, 0.2) is 6.29 Å². The van der Waals surface area contributed by atoms with Crippen molar-refractivity contribution in [2.45, 2.75) is 40.4 Å². The molecule has 0 aromatic rings. The number of aliphatic hydroxyl groups is 2. The Bertz CT molecular complexity index is 63.1. The van der Waals surface area contributed by atoms with Gasteiger partial charge in [0.2, 0.25) is 0 Å². The van der Waals surface area contributed by atoms with E-state index >= 15 is 0 Å². The summed E-state index contributed by atoms with van der Waals surface area (Å²) in [6, 6.07) is 0. The average molecular weight is 210 g/mol. The lowest BCUT2D eigenvalue weighted by molar-refractivity contribution is -0.0748. The minimum Gasteiger partial charge on any atom is -0.397 e. The summed E-state index contributed by atoms with van der Waals surface area (Å²) in [5.41, 5.74) is 0. The van der Waals surface area contributed by atoms with Crippen LogP contribution in [-0.2, 0) is 9.47 Å². The molecule has 0 aliphatic heterocycles. The molecule has 0 aliphatic rings. The topological polar surface area (TPSA) is 58.9 Å². The van der Waals surface area contributed by atoms with Gasteiger partial charge in [0.05, 0.1) is 0 Å². The number of hydrogen-bond acceptors (Lipinski definition) is 4. The van der Waals surface area contributed by atoms with Crippen LogP contribution >= 0.6 is 0 Å². The van der Waals surface area contributed by atoms with E-state index in [-0.39, 0.29) is 6.61 Å². The van der Waals surface area contributed by atoms with Crippen LogP contribution in [-0.4, -0.2) is 43.4 Å². The fraction of sp³-hybridized carbons (Fsp3) is 1.00. The number of aliphatic hydroxyl groups excluding tert-OH is 2. The van der Waals surface area contributed by atoms with Crippen molar-refractivity contribution in [1.82, 2.24) is 0 Å². The molecular formula is C10H26O4. The Hall–Kier alpha value is -0.160. The van der Waals surface area contributed by atoms with Crippen LogP contribution < -0.4 is 0 Å². The van der Waals surface area contributed by atoms with E-state index in [9.17, 15) is 0 Å². The summed E-state index contributed by atoms with van der Waals surface area (Å²) in [5, 5.41) is 16.0. The molecule has 0 saturated heterocycles. The van der Waals surface area contributed by atoms with Crippen molar-refractivity contribution >= 4 is 0 Å². The summed E-state index contributed by atoms with van der Waals surface area (Å²) in [7, 11) is 1.48. The molecule has 0 aromatic carbocycles. The molecule has 0 bridgehead atoms. The third-order valence-corrected chi connectivity index (χ3v) is 1.03. The average Bonchev–Trinajstić information content (AvgIpc) is 2.20. The Balaban J connectivity index is -0.000000138. The molecule has 0 amide bonds. The van der Waals surface area contributed by atoms with Gasteiger partial charge in [-0.3, -0.25) is 0 Å². The summed E-state index contributed by atoms with van der Waals surface area (Å²) in [5.74, 6) is 0. The lowest BCUT2D eigenvalue weighted by Gasteiger charge is -2.00. The van der Waals surface area contributed by atoms with Crippen molar-refractivity contribution in [2.24, 2.45) is 0 Å². The Kier molecular flexibility index (Phi) is 31.9. The zero-order chi connectivity index (χ0) is 11.8. The van der Waals surface area contributed by atoms with E-state index in [1.807, 2.05) is 20.8 Å². The largest absolute Gasteiger partial charge is 0.397 e. The van der Waals surface area contributed by atoms with Gasteiger partial charge in [-0.1, -0.05) is 6.92 Å². The summed E-state index contributed by atoms with van der Waals surface area (Å²) in [6.45, 7) is 9.45. The molecule has 0 aliphatic carbocycles. The second-order valence-electron chi connectivity index (χ2n) is 2.20. The first-order chi connectivity index (χ1) is 6.64. The van der Waals surface area contributed by atoms with Crippen LogP contribution in [0.15, 0.2) is 0 Å². The van der Waals surface area contributed by atoms with Crippen LogP contribution in [0.4, 0.5) is 0 Å². The molecule has 14 heavy (non-hydrogen) atoms. The van der Waals surface area contributed by atoms with Crippen LogP contribution in [0, 0.1) is 0 Å². The smallest absolute Gasteiger partial charge is 0.153 e. The highest BCUT2D eigenvalue weighted by atomic mass is 16.6. The first-order valence-corrected chi connectivity index (χ1v) is 5.03. The fourth-order valence-electron chi connectivity index (χ4n) is 0.371. The van der Waals surface area contributed by atoms with Crippen molar-refractivity contribution in [3.63, 3.8) is 0 Å². The second kappa shape index (κ2) is 23.0. The van der Waals surface area contributed by atoms with Gasteiger partial charge >= 0.3 is 0 Å². The van der Waals surface area contributed by atoms with Gasteiger partial charge in [0, 0.05) is 26.9 Å². The van der Waals surface area contributed by atoms with E-state index < -0.39 is 6.29 Å². The normalized spacial score (nSPS) is 10.5. The predicted octanol–water partition coefficient (Wildman–Crippen LogP) is 1.40. The van der Waals surface area contributed by atoms with Crippen molar-refractivity contribution < 1.29 is 19.7 Å². The second-order valence-corrected chi connectivity index (χ2v) is 2.20. The molecule has 0 spiro atoms. The quantitative estimate of drug-likeness (QED) is 0.689. The number of hydrogen-bond donors (Lipinski definition) is 2. The molecule has 0 saturated carbocycles. The molecule has 0 fully saturated rings. The van der Waals surface area contributed by atoms with Crippen LogP contribution in [0.2, 0.25) is 0 Å². The fourth-order valence-corrected chi connectivity index (χ4v) is 0.371. The highest BCUT2D eigenvalue weighted by Gasteiger charge is 1.90. The highest BCUT2D eigenvalue weighted by Crippen LogP contribution is 1.85. The van der Waals surface area contributed by atoms with Crippen molar-refractivity contribution in [2.75, 3.05) is 26.9 Å². The first-order valence-electron chi connectivity index (χ1n) is 5.03. The van der Waals surface area contributed by atoms with Gasteiger partial charge in [-0.05, 0) is 27.2 Å². The van der Waals surface area contributed by atoms with E-state index in [2.05, 4.69) is 4.74 Å². The standard InChI is InChI=1S/C4H10O2.C4H10O.C2H6O/c1-3-4(5)6-2;1-3-5-4-2;1-2-3/h4-5H,3H2,1-2H3;3-4H2,1-2H3;3H,2H2,1H3. The molecule has 0 aromatic heterocycles. The molecule has 90 valence electrons. The molecule has 4 nitrogen and oxygen atoms in total. The van der Waals surface area contributed by atoms with Crippen molar-refractivity contribution in [3.05, 3.63) is 0 Å². The maximum absolute atomic E-state index is 8.44. The highest BCUT2D eigenvalue weighted by molar-refractivity contribution is 4.26. The van der Waals surface area contributed by atoms with E-state index in [0.29, 0.717) is 6.42 Å². The van der Waals surface area contributed by atoms with Gasteiger partial charge in [-0.25, -0.2) is 0 Å². The van der Waals surface area contributed by atoms with Gasteiger partial charge in [0.1, 0.15) is 0 Å². The van der Waals surface area contributed by atoms with Gasteiger partial charge < -0.3 is 19.7 Å². The lowest BCUT2D eigenvalue weighted by Crippen LogP contribution is -2.05. The van der Waals surface area contributed by atoms with Gasteiger partial charge in [-0.2, -0.15) is 0 Å². The van der Waals surface area contributed by atoms with E-state index in [0.717, 1.165) is 13.2 Å². The number of rotatable bonds is 4. The van der Waals surface area contributed by atoms with E-state index in [1.165, 1.54) is 7.11 Å². The van der Waals surface area contributed by atoms with Crippen LogP contribution in [0.5, 0.6) is 0 Å². The first kappa shape index (κ1) is 19.4. The summed E-state index contributed by atoms with van der Waals surface area (Å²) in [6.07, 6.45) is 0.0984. The predicted molar refractivity (Wildman–Crippen MR) is 58.2 cm³/mol. The summed E-state index contributed by atoms with van der Waals surface area (Å²) < 4.78 is 9.29. The van der Waals surface area contributed by atoms with Crippen LogP contribution in [0.1, 0.15) is 34.1 Å². The van der Waals surface area contributed by atoms with Gasteiger partial charge in [0.25, 0.3) is 0 Å². The Labute approximate surface area is 87.9 Å². The SMILES string of the molecule is CCC(O)OC.CCO.CCOCC. The Morgan fingerprint density at radius 2 is 1.43 bits per heavy atom. The minimum absolute atomic E-state index is 0.250. The molecule has 1 unspecified atom stereocenters. The maximum atomic E-state index is 8.44. The molecule has 0 heterocycles. The zero-order valence-electron chi connectivity index (χ0n) is 10.1. The van der Waals surface area contributed by atoms with Crippen LogP contribution in [0.3, 0.4) is 0 Å². The van der Waals surface area contributed by atoms with E-state index in [1.54, 1.807) is 6.92 Å². The lowest BCUT2D eigenvalue weighted by atomic mass is 10.5. The number of ether oxygens (including phenoxy) is 2. The van der Waals surface area contributed by atoms with E-state index in [4.69, 9.17) is 14.9 Å². The third kappa shape index (κ3) is 40.8. The molecule has 4 heteroatoms. The Morgan fingerprint density at radius 1 is 1.07 bits per heavy atom. The van der Waals surface area contributed by atoms with Crippen molar-refractivity contribution in [1.29, 1.82) is 0 Å². The molecule has 0 radical (unpaired) electrons. The van der Waals surface area contributed by atoms with Crippen LogP contribution in [0.25, 0.3) is 0 Å². The zero-order valence-corrected chi connectivity index (χ0v) is 10.1. The third-order valence-electron chi connectivity index (χ3n) is 1.03. The summed E-state index contributed by atoms with van der Waals surface area (Å²) >= 11 is 0. The Morgan fingerprint density at radius 3 is 1.43 bits per heavy atom. The van der Waals surface area contributed by atoms with Gasteiger partial charge in [-0.15, -0.1) is 0 Å². The maximum Gasteiger partial charge on any atom is 0.153 e. The van der Waals surface area contributed by atoms with Crippen molar-refractivity contribution in [3.8, 4) is 0 Å². The summed E-state index contributed by atoms with van der Waals surface area (Å²) in [4.78, 5) is 0. The molecule has 0 rings (SSSR count). The monoisotopic (exact) mass is 210 g/mol.